The summed E-state index contributed by atoms with van der Waals surface area (Å²) in [6.45, 7) is 0.632. The highest BCUT2D eigenvalue weighted by Crippen LogP contribution is 2.36. The van der Waals surface area contributed by atoms with Crippen LogP contribution >= 0.6 is 54.8 Å². The first kappa shape index (κ1) is 17.1. The van der Waals surface area contributed by atoms with Crippen LogP contribution in [0, 0.1) is 0 Å². The largest absolute Gasteiger partial charge is 0.496 e. The van der Waals surface area contributed by atoms with Gasteiger partial charge in [0, 0.05) is 11.8 Å². The molecule has 0 atom stereocenters. The number of hydrogen-bond donors (Lipinski definition) is 0. The molecule has 1 heterocycles. The number of aromatic nitrogens is 1. The number of benzene rings is 1. The summed E-state index contributed by atoms with van der Waals surface area (Å²) in [4.78, 5) is 4.43. The van der Waals surface area contributed by atoms with E-state index in [1.165, 1.54) is 0 Å². The topological polar surface area (TPSA) is 31.4 Å². The van der Waals surface area contributed by atoms with Gasteiger partial charge in [0.1, 0.15) is 11.5 Å². The van der Waals surface area contributed by atoms with Gasteiger partial charge in [0.2, 0.25) is 0 Å². The Balaban J connectivity index is 1.84. The number of hydrogen-bond acceptors (Lipinski definition) is 4. The molecule has 0 radical (unpaired) electrons. The van der Waals surface area contributed by atoms with Crippen molar-refractivity contribution in [1.29, 1.82) is 0 Å². The Labute approximate surface area is 149 Å². The Morgan fingerprint density at radius 2 is 1.95 bits per heavy atom. The van der Waals surface area contributed by atoms with Crippen LogP contribution in [0.1, 0.15) is 17.1 Å². The molecule has 0 spiro atoms. The standard InChI is InChI=1S/C14H14Br2ClNO2S/c1-19-12-5-11(16)13(6-10(12)15)20-4-2-3-14-18-9(7-17)8-21-14/h5-6,8H,2-4,7H2,1H3. The number of alkyl halides is 1. The second kappa shape index (κ2) is 8.36. The lowest BCUT2D eigenvalue weighted by Crippen LogP contribution is -2.00. The summed E-state index contributed by atoms with van der Waals surface area (Å²) in [5, 5.41) is 3.10. The molecule has 0 saturated heterocycles. The molecule has 0 unspecified atom stereocenters. The molecule has 7 heteroatoms. The second-order valence-electron chi connectivity index (χ2n) is 4.24. The molecule has 3 nitrogen and oxygen atoms in total. The molecule has 21 heavy (non-hydrogen) atoms. The van der Waals surface area contributed by atoms with Crippen molar-refractivity contribution in [3.8, 4) is 11.5 Å². The van der Waals surface area contributed by atoms with E-state index >= 15 is 0 Å². The van der Waals surface area contributed by atoms with Crippen molar-refractivity contribution in [1.82, 2.24) is 4.98 Å². The zero-order valence-corrected chi connectivity index (χ0v) is 16.1. The smallest absolute Gasteiger partial charge is 0.134 e. The van der Waals surface area contributed by atoms with E-state index in [-0.39, 0.29) is 0 Å². The van der Waals surface area contributed by atoms with Crippen LogP contribution < -0.4 is 9.47 Å². The number of ether oxygens (including phenoxy) is 2. The zero-order chi connectivity index (χ0) is 15.2. The van der Waals surface area contributed by atoms with Gasteiger partial charge < -0.3 is 9.47 Å². The summed E-state index contributed by atoms with van der Waals surface area (Å²) in [6.07, 6.45) is 1.81. The molecule has 0 saturated carbocycles. The summed E-state index contributed by atoms with van der Waals surface area (Å²) < 4.78 is 12.8. The number of thiazole rings is 1. The number of aryl methyl sites for hydroxylation is 1. The van der Waals surface area contributed by atoms with Crippen LogP contribution in [0.4, 0.5) is 0 Å². The van der Waals surface area contributed by atoms with Gasteiger partial charge in [-0.3, -0.25) is 0 Å². The molecular weight excluding hydrogens is 441 g/mol. The third-order valence-electron chi connectivity index (χ3n) is 2.74. The predicted octanol–water partition coefficient (Wildman–Crippen LogP) is 5.43. The molecule has 0 fully saturated rings. The van der Waals surface area contributed by atoms with Crippen LogP contribution in [0.2, 0.25) is 0 Å². The Kier molecular flexibility index (Phi) is 6.79. The molecule has 0 bridgehead atoms. The quantitative estimate of drug-likeness (QED) is 0.412. The van der Waals surface area contributed by atoms with E-state index in [4.69, 9.17) is 21.1 Å². The van der Waals surface area contributed by atoms with Crippen LogP contribution in [-0.2, 0) is 12.3 Å². The molecule has 114 valence electrons. The van der Waals surface area contributed by atoms with E-state index in [1.807, 2.05) is 17.5 Å². The molecule has 0 aliphatic rings. The number of nitrogens with zero attached hydrogens (tertiary/aromatic N) is 1. The van der Waals surface area contributed by atoms with Gasteiger partial charge >= 0.3 is 0 Å². The normalized spacial score (nSPS) is 10.7. The summed E-state index contributed by atoms with van der Waals surface area (Å²) in [5.74, 6) is 2.04. The van der Waals surface area contributed by atoms with Crippen molar-refractivity contribution < 1.29 is 9.47 Å². The van der Waals surface area contributed by atoms with E-state index < -0.39 is 0 Å². The summed E-state index contributed by atoms with van der Waals surface area (Å²) >= 11 is 14.3. The molecule has 0 amide bonds. The Morgan fingerprint density at radius 3 is 2.62 bits per heavy atom. The average molecular weight is 456 g/mol. The monoisotopic (exact) mass is 453 g/mol. The molecule has 0 aliphatic heterocycles. The fourth-order valence-electron chi connectivity index (χ4n) is 1.71. The van der Waals surface area contributed by atoms with E-state index in [9.17, 15) is 0 Å². The van der Waals surface area contributed by atoms with Crippen LogP contribution in [0.25, 0.3) is 0 Å². The zero-order valence-electron chi connectivity index (χ0n) is 11.4. The molecule has 0 aliphatic carbocycles. The number of halogens is 3. The predicted molar refractivity (Wildman–Crippen MR) is 93.9 cm³/mol. The van der Waals surface area contributed by atoms with E-state index in [0.717, 1.165) is 44.0 Å². The van der Waals surface area contributed by atoms with Crippen LogP contribution in [0.3, 0.4) is 0 Å². The lowest BCUT2D eigenvalue weighted by atomic mass is 10.3. The maximum absolute atomic E-state index is 5.79. The van der Waals surface area contributed by atoms with Crippen LogP contribution in [0.15, 0.2) is 26.5 Å². The number of methoxy groups -OCH3 is 1. The Morgan fingerprint density at radius 1 is 1.24 bits per heavy atom. The van der Waals surface area contributed by atoms with Crippen LogP contribution in [-0.4, -0.2) is 18.7 Å². The van der Waals surface area contributed by atoms with Gasteiger partial charge in [-0.25, -0.2) is 4.98 Å². The minimum absolute atomic E-state index is 0.472. The van der Waals surface area contributed by atoms with Crippen LogP contribution in [0.5, 0.6) is 11.5 Å². The van der Waals surface area contributed by atoms with E-state index in [0.29, 0.717) is 12.5 Å². The molecule has 1 aromatic heterocycles. The first-order chi connectivity index (χ1) is 10.1. The van der Waals surface area contributed by atoms with Gasteiger partial charge in [0.05, 0.1) is 39.2 Å². The van der Waals surface area contributed by atoms with Gasteiger partial charge in [-0.15, -0.1) is 22.9 Å². The lowest BCUT2D eigenvalue weighted by Gasteiger charge is -2.10. The van der Waals surface area contributed by atoms with E-state index in [1.54, 1.807) is 18.4 Å². The fraction of sp³-hybridized carbons (Fsp3) is 0.357. The van der Waals surface area contributed by atoms with Gasteiger partial charge in [-0.05, 0) is 50.4 Å². The molecule has 2 rings (SSSR count). The second-order valence-corrected chi connectivity index (χ2v) is 7.15. The highest BCUT2D eigenvalue weighted by molar-refractivity contribution is 9.11. The van der Waals surface area contributed by atoms with Crippen molar-refractivity contribution in [2.24, 2.45) is 0 Å². The summed E-state index contributed by atoms with van der Waals surface area (Å²) in [7, 11) is 1.64. The van der Waals surface area contributed by atoms with Gasteiger partial charge in [-0.1, -0.05) is 0 Å². The molecule has 1 aromatic carbocycles. The minimum atomic E-state index is 0.472. The maximum atomic E-state index is 5.79. The van der Waals surface area contributed by atoms with Gasteiger partial charge in [0.15, 0.2) is 0 Å². The number of rotatable bonds is 7. The fourth-order valence-corrected chi connectivity index (χ4v) is 3.70. The summed E-state index contributed by atoms with van der Waals surface area (Å²) in [6, 6.07) is 3.78. The van der Waals surface area contributed by atoms with Gasteiger partial charge in [-0.2, -0.15) is 0 Å². The van der Waals surface area contributed by atoms with Crippen molar-refractivity contribution in [3.63, 3.8) is 0 Å². The van der Waals surface area contributed by atoms with Crippen molar-refractivity contribution in [2.75, 3.05) is 13.7 Å². The average Bonchev–Trinajstić information content (AvgIpc) is 2.94. The van der Waals surface area contributed by atoms with E-state index in [2.05, 4.69) is 36.8 Å². The highest BCUT2D eigenvalue weighted by atomic mass is 79.9. The first-order valence-corrected chi connectivity index (χ1v) is 9.29. The molecule has 0 N–H and O–H groups in total. The summed E-state index contributed by atoms with van der Waals surface area (Å²) in [5.41, 5.74) is 0.944. The van der Waals surface area contributed by atoms with Crippen molar-refractivity contribution in [3.05, 3.63) is 37.2 Å². The SMILES string of the molecule is COc1cc(Br)c(OCCCc2nc(CCl)cs2)cc1Br. The Hall–Kier alpha value is -0.300. The third-order valence-corrected chi connectivity index (χ3v) is 5.21. The maximum Gasteiger partial charge on any atom is 0.134 e. The first-order valence-electron chi connectivity index (χ1n) is 6.29. The highest BCUT2D eigenvalue weighted by Gasteiger charge is 2.08. The Bertz CT molecular complexity index is 607. The van der Waals surface area contributed by atoms with Gasteiger partial charge in [0.25, 0.3) is 0 Å². The third kappa shape index (κ3) is 4.84. The lowest BCUT2D eigenvalue weighted by molar-refractivity contribution is 0.308. The molecular formula is C14H14Br2ClNO2S. The van der Waals surface area contributed by atoms with Crippen molar-refractivity contribution >= 4 is 54.8 Å². The molecule has 2 aromatic rings. The minimum Gasteiger partial charge on any atom is -0.496 e. The van der Waals surface area contributed by atoms with Crippen molar-refractivity contribution in [2.45, 2.75) is 18.7 Å².